The van der Waals surface area contributed by atoms with Crippen LogP contribution in [-0.2, 0) is 8.23 Å². The van der Waals surface area contributed by atoms with Crippen molar-refractivity contribution >= 4 is 31.3 Å². The average molecular weight is 353 g/mol. The summed E-state index contributed by atoms with van der Waals surface area (Å²) in [5.41, 5.74) is 1.26. The molecule has 0 saturated carbocycles. The standard InChI is InChI=1S/C17H32O2Si3/c1-20(2,3)18-22(6,7)19-21(4,5)16-12-11-15-17-13-9-8-10-14-17/h8-11,13-15H,12,16H2,1-7H3. The van der Waals surface area contributed by atoms with Gasteiger partial charge in [0.15, 0.2) is 16.6 Å². The Hall–Kier alpha value is -0.469. The quantitative estimate of drug-likeness (QED) is 0.545. The van der Waals surface area contributed by atoms with Crippen LogP contribution in [-0.4, -0.2) is 25.2 Å². The van der Waals surface area contributed by atoms with Gasteiger partial charge in [0.2, 0.25) is 0 Å². The van der Waals surface area contributed by atoms with Gasteiger partial charge in [0.05, 0.1) is 0 Å². The summed E-state index contributed by atoms with van der Waals surface area (Å²) in [5.74, 6) is 0. The van der Waals surface area contributed by atoms with Crippen molar-refractivity contribution in [1.82, 2.24) is 0 Å². The van der Waals surface area contributed by atoms with E-state index in [1.165, 1.54) is 5.56 Å². The molecule has 0 atom stereocenters. The summed E-state index contributed by atoms with van der Waals surface area (Å²) < 4.78 is 12.8. The normalized spacial score (nSPS) is 13.8. The fourth-order valence-corrected chi connectivity index (χ4v) is 15.7. The van der Waals surface area contributed by atoms with Crippen LogP contribution in [0.25, 0.3) is 6.08 Å². The van der Waals surface area contributed by atoms with E-state index >= 15 is 0 Å². The van der Waals surface area contributed by atoms with Gasteiger partial charge in [0.1, 0.15) is 0 Å². The van der Waals surface area contributed by atoms with E-state index in [1.807, 2.05) is 6.07 Å². The van der Waals surface area contributed by atoms with Crippen molar-refractivity contribution in [2.45, 2.75) is 58.3 Å². The molecule has 22 heavy (non-hydrogen) atoms. The van der Waals surface area contributed by atoms with Crippen molar-refractivity contribution < 1.29 is 8.23 Å². The number of allylic oxidation sites excluding steroid dienone is 1. The van der Waals surface area contributed by atoms with E-state index in [0.717, 1.165) is 12.5 Å². The molecule has 0 amide bonds. The Labute approximate surface area is 140 Å². The molecule has 1 aromatic rings. The van der Waals surface area contributed by atoms with Crippen molar-refractivity contribution in [2.24, 2.45) is 0 Å². The van der Waals surface area contributed by atoms with Crippen molar-refractivity contribution in [2.75, 3.05) is 0 Å². The van der Waals surface area contributed by atoms with Crippen LogP contribution in [0.1, 0.15) is 12.0 Å². The zero-order valence-electron chi connectivity index (χ0n) is 15.3. The molecule has 0 radical (unpaired) electrons. The van der Waals surface area contributed by atoms with Gasteiger partial charge in [0.25, 0.3) is 0 Å². The van der Waals surface area contributed by atoms with Gasteiger partial charge in [0, 0.05) is 0 Å². The maximum atomic E-state index is 6.51. The topological polar surface area (TPSA) is 18.5 Å². The van der Waals surface area contributed by atoms with Gasteiger partial charge >= 0.3 is 8.56 Å². The zero-order valence-corrected chi connectivity index (χ0v) is 18.3. The predicted octanol–water partition coefficient (Wildman–Crippen LogP) is 5.86. The molecule has 2 nitrogen and oxygen atoms in total. The maximum absolute atomic E-state index is 6.51. The van der Waals surface area contributed by atoms with Crippen molar-refractivity contribution in [3.63, 3.8) is 0 Å². The van der Waals surface area contributed by atoms with Crippen LogP contribution in [0.5, 0.6) is 0 Å². The van der Waals surface area contributed by atoms with Gasteiger partial charge in [-0.3, -0.25) is 0 Å². The van der Waals surface area contributed by atoms with Crippen molar-refractivity contribution in [1.29, 1.82) is 0 Å². The van der Waals surface area contributed by atoms with Crippen molar-refractivity contribution in [3.05, 3.63) is 42.0 Å². The second-order valence-electron chi connectivity index (χ2n) is 7.83. The number of hydrogen-bond donors (Lipinski definition) is 0. The summed E-state index contributed by atoms with van der Waals surface area (Å²) >= 11 is 0. The molecule has 0 aliphatic heterocycles. The third-order valence-electron chi connectivity index (χ3n) is 3.10. The maximum Gasteiger partial charge on any atom is 0.311 e. The second kappa shape index (κ2) is 7.88. The van der Waals surface area contributed by atoms with Crippen LogP contribution in [0.4, 0.5) is 0 Å². The molecular formula is C17H32O2Si3. The largest absolute Gasteiger partial charge is 0.437 e. The van der Waals surface area contributed by atoms with E-state index in [2.05, 4.69) is 82.2 Å². The average Bonchev–Trinajstić information content (AvgIpc) is 2.31. The molecular weight excluding hydrogens is 320 g/mol. The molecule has 0 N–H and O–H groups in total. The molecule has 1 rings (SSSR count). The molecule has 0 aliphatic rings. The first-order valence-electron chi connectivity index (χ1n) is 8.11. The SMILES string of the molecule is C[Si](C)(C)O[Si](C)(C)O[Si](C)(C)CCC=Cc1ccccc1. The molecule has 0 unspecified atom stereocenters. The van der Waals surface area contributed by atoms with Crippen LogP contribution in [0.15, 0.2) is 36.4 Å². The van der Waals surface area contributed by atoms with Crippen LogP contribution in [0, 0.1) is 0 Å². The molecule has 0 heterocycles. The van der Waals surface area contributed by atoms with Gasteiger partial charge in [-0.15, -0.1) is 0 Å². The Morgan fingerprint density at radius 2 is 1.45 bits per heavy atom. The molecule has 0 bridgehead atoms. The number of benzene rings is 1. The predicted molar refractivity (Wildman–Crippen MR) is 105 cm³/mol. The highest BCUT2D eigenvalue weighted by molar-refractivity contribution is 6.87. The van der Waals surface area contributed by atoms with Crippen molar-refractivity contribution in [3.8, 4) is 0 Å². The minimum Gasteiger partial charge on any atom is -0.437 e. The van der Waals surface area contributed by atoms with E-state index in [-0.39, 0.29) is 0 Å². The molecule has 0 saturated heterocycles. The van der Waals surface area contributed by atoms with Crippen LogP contribution < -0.4 is 0 Å². The van der Waals surface area contributed by atoms with Crippen LogP contribution in [0.3, 0.4) is 0 Å². The highest BCUT2D eigenvalue weighted by Crippen LogP contribution is 2.24. The highest BCUT2D eigenvalue weighted by Gasteiger charge is 2.37. The molecule has 5 heteroatoms. The van der Waals surface area contributed by atoms with E-state index in [0.29, 0.717) is 0 Å². The van der Waals surface area contributed by atoms with E-state index < -0.39 is 25.2 Å². The fourth-order valence-electron chi connectivity index (χ4n) is 2.69. The first kappa shape index (κ1) is 19.6. The summed E-state index contributed by atoms with van der Waals surface area (Å²) in [7, 11) is -5.20. The molecule has 0 fully saturated rings. The van der Waals surface area contributed by atoms with Gasteiger partial charge < -0.3 is 8.23 Å². The molecule has 0 aliphatic carbocycles. The minimum atomic E-state index is -2.00. The van der Waals surface area contributed by atoms with Gasteiger partial charge in [-0.1, -0.05) is 42.5 Å². The molecule has 124 valence electrons. The lowest BCUT2D eigenvalue weighted by Gasteiger charge is -2.37. The number of rotatable bonds is 8. The molecule has 1 aromatic carbocycles. The Balaban J connectivity index is 2.48. The van der Waals surface area contributed by atoms with E-state index in [1.54, 1.807) is 0 Å². The summed E-state index contributed by atoms with van der Waals surface area (Å²) in [6, 6.07) is 11.6. The summed E-state index contributed by atoms with van der Waals surface area (Å²) in [6.07, 6.45) is 5.54. The molecule has 0 spiro atoms. The van der Waals surface area contributed by atoms with Gasteiger partial charge in [-0.2, -0.15) is 0 Å². The smallest absolute Gasteiger partial charge is 0.311 e. The first-order chi connectivity index (χ1) is 9.99. The Bertz CT molecular complexity index is 476. The molecule has 0 aromatic heterocycles. The minimum absolute atomic E-state index is 1.07. The monoisotopic (exact) mass is 352 g/mol. The lowest BCUT2D eigenvalue weighted by Crippen LogP contribution is -2.51. The third kappa shape index (κ3) is 8.85. The highest BCUT2D eigenvalue weighted by atomic mass is 28.5. The van der Waals surface area contributed by atoms with E-state index in [9.17, 15) is 0 Å². The fraction of sp³-hybridized carbons (Fsp3) is 0.529. The van der Waals surface area contributed by atoms with Gasteiger partial charge in [-0.25, -0.2) is 0 Å². The zero-order chi connectivity index (χ0) is 16.9. The third-order valence-corrected chi connectivity index (χ3v) is 13.2. The number of hydrogen-bond acceptors (Lipinski definition) is 2. The second-order valence-corrected chi connectivity index (χ2v) is 20.5. The first-order valence-corrected chi connectivity index (χ1v) is 17.5. The summed E-state index contributed by atoms with van der Waals surface area (Å²) in [6.45, 7) is 15.7. The lowest BCUT2D eigenvalue weighted by atomic mass is 10.2. The van der Waals surface area contributed by atoms with Crippen LogP contribution in [0.2, 0.25) is 51.9 Å². The Kier molecular flexibility index (Phi) is 7.01. The Morgan fingerprint density at radius 3 is 2.00 bits per heavy atom. The van der Waals surface area contributed by atoms with Crippen LogP contribution >= 0.6 is 0 Å². The lowest BCUT2D eigenvalue weighted by molar-refractivity contribution is 0.392. The van der Waals surface area contributed by atoms with E-state index in [4.69, 9.17) is 8.23 Å². The summed E-state index contributed by atoms with van der Waals surface area (Å²) in [4.78, 5) is 0. The Morgan fingerprint density at radius 1 is 0.864 bits per heavy atom. The summed E-state index contributed by atoms with van der Waals surface area (Å²) in [5, 5.41) is 0. The van der Waals surface area contributed by atoms with Gasteiger partial charge in [-0.05, 0) is 63.9 Å².